The van der Waals surface area contributed by atoms with Crippen molar-refractivity contribution < 1.29 is 18.0 Å². The Morgan fingerprint density at radius 1 is 1.37 bits per heavy atom. The Bertz CT molecular complexity index is 488. The van der Waals surface area contributed by atoms with Crippen molar-refractivity contribution in [1.29, 1.82) is 0 Å². The minimum Gasteiger partial charge on any atom is -0.360 e. The first kappa shape index (κ1) is 13.7. The fourth-order valence-corrected chi connectivity index (χ4v) is 2.06. The second-order valence-corrected chi connectivity index (χ2v) is 4.32. The lowest BCUT2D eigenvalue weighted by Crippen LogP contribution is -2.48. The largest absolute Gasteiger partial charge is 0.418 e. The third-order valence-corrected chi connectivity index (χ3v) is 2.98. The second-order valence-electron chi connectivity index (χ2n) is 4.32. The number of amides is 1. The summed E-state index contributed by atoms with van der Waals surface area (Å²) in [5.41, 5.74) is 5.06. The van der Waals surface area contributed by atoms with E-state index in [4.69, 9.17) is 5.73 Å². The van der Waals surface area contributed by atoms with Crippen molar-refractivity contribution in [3.05, 3.63) is 29.3 Å². The monoisotopic (exact) mass is 273 g/mol. The molecule has 1 aliphatic heterocycles. The molecule has 1 saturated heterocycles. The average molecular weight is 273 g/mol. The first-order valence-corrected chi connectivity index (χ1v) is 5.83. The van der Waals surface area contributed by atoms with E-state index in [0.29, 0.717) is 18.7 Å². The van der Waals surface area contributed by atoms with Crippen LogP contribution >= 0.6 is 0 Å². The number of carbonyl (C=O) groups is 1. The number of nitrogens with one attached hydrogen (secondary N) is 1. The van der Waals surface area contributed by atoms with Crippen molar-refractivity contribution in [2.24, 2.45) is 5.73 Å². The van der Waals surface area contributed by atoms with Crippen LogP contribution in [-0.2, 0) is 17.5 Å². The fraction of sp³-hybridized carbons (Fsp3) is 0.417. The van der Waals surface area contributed by atoms with Gasteiger partial charge in [-0.25, -0.2) is 0 Å². The first-order chi connectivity index (χ1) is 8.91. The number of piperazine rings is 1. The molecule has 0 aliphatic carbocycles. The molecule has 4 nitrogen and oxygen atoms in total. The molecular formula is C12H14F3N3O. The molecule has 0 radical (unpaired) electrons. The summed E-state index contributed by atoms with van der Waals surface area (Å²) in [7, 11) is 0. The first-order valence-electron chi connectivity index (χ1n) is 5.83. The predicted molar refractivity (Wildman–Crippen MR) is 64.6 cm³/mol. The molecule has 1 amide bonds. The van der Waals surface area contributed by atoms with Crippen LogP contribution in [0, 0.1) is 0 Å². The summed E-state index contributed by atoms with van der Waals surface area (Å²) < 4.78 is 39.1. The number of rotatable bonds is 2. The number of benzene rings is 1. The molecule has 3 N–H and O–H groups in total. The molecule has 0 spiro atoms. The Kier molecular flexibility index (Phi) is 3.66. The Balaban J connectivity index is 2.41. The van der Waals surface area contributed by atoms with Crippen LogP contribution in [0.1, 0.15) is 11.1 Å². The number of anilines is 1. The Labute approximate surface area is 108 Å². The number of alkyl halides is 3. The molecule has 1 fully saturated rings. The van der Waals surface area contributed by atoms with Gasteiger partial charge in [0.25, 0.3) is 0 Å². The zero-order chi connectivity index (χ0) is 14.0. The smallest absolute Gasteiger partial charge is 0.360 e. The predicted octanol–water partition coefficient (Wildman–Crippen LogP) is 1.10. The van der Waals surface area contributed by atoms with Crippen LogP contribution in [0.4, 0.5) is 18.9 Å². The maximum Gasteiger partial charge on any atom is 0.418 e. The highest BCUT2D eigenvalue weighted by Gasteiger charge is 2.35. The van der Waals surface area contributed by atoms with E-state index in [9.17, 15) is 18.0 Å². The van der Waals surface area contributed by atoms with Gasteiger partial charge in [-0.3, -0.25) is 4.79 Å². The summed E-state index contributed by atoms with van der Waals surface area (Å²) in [6.07, 6.45) is -4.46. The van der Waals surface area contributed by atoms with E-state index in [-0.39, 0.29) is 24.7 Å². The zero-order valence-corrected chi connectivity index (χ0v) is 10.1. The van der Waals surface area contributed by atoms with Crippen LogP contribution in [0.5, 0.6) is 0 Å². The van der Waals surface area contributed by atoms with Gasteiger partial charge in [-0.15, -0.1) is 0 Å². The molecule has 2 rings (SSSR count). The zero-order valence-electron chi connectivity index (χ0n) is 10.1. The number of nitrogens with two attached hydrogens (primary N) is 1. The lowest BCUT2D eigenvalue weighted by Gasteiger charge is -2.31. The number of halogens is 3. The summed E-state index contributed by atoms with van der Waals surface area (Å²) in [5.74, 6) is -0.276. The van der Waals surface area contributed by atoms with E-state index < -0.39 is 11.7 Å². The second kappa shape index (κ2) is 5.08. The van der Waals surface area contributed by atoms with Crippen molar-refractivity contribution in [2.75, 3.05) is 24.5 Å². The molecule has 0 saturated carbocycles. The highest BCUT2D eigenvalue weighted by molar-refractivity contribution is 5.83. The SMILES string of the molecule is NCc1ccc(N2CCNC(=O)C2)c(C(F)(F)F)c1. The van der Waals surface area contributed by atoms with E-state index in [1.54, 1.807) is 6.07 Å². The lowest BCUT2D eigenvalue weighted by molar-refractivity contribution is -0.137. The van der Waals surface area contributed by atoms with Gasteiger partial charge in [0.2, 0.25) is 5.91 Å². The Morgan fingerprint density at radius 2 is 2.11 bits per heavy atom. The maximum atomic E-state index is 13.0. The van der Waals surface area contributed by atoms with Crippen molar-refractivity contribution in [3.63, 3.8) is 0 Å². The molecule has 7 heteroatoms. The molecule has 1 heterocycles. The van der Waals surface area contributed by atoms with Gasteiger partial charge in [0, 0.05) is 25.3 Å². The molecule has 0 unspecified atom stereocenters. The fourth-order valence-electron chi connectivity index (χ4n) is 2.06. The minimum absolute atomic E-state index is 0.0274. The van der Waals surface area contributed by atoms with Crippen molar-refractivity contribution in [3.8, 4) is 0 Å². The van der Waals surface area contributed by atoms with Crippen LogP contribution in [-0.4, -0.2) is 25.5 Å². The third kappa shape index (κ3) is 2.98. The molecule has 1 aliphatic rings. The molecule has 0 aromatic heterocycles. The highest BCUT2D eigenvalue weighted by atomic mass is 19.4. The van der Waals surface area contributed by atoms with Crippen LogP contribution < -0.4 is 16.0 Å². The number of hydrogen-bond donors (Lipinski definition) is 2. The quantitative estimate of drug-likeness (QED) is 0.848. The van der Waals surface area contributed by atoms with Gasteiger partial charge in [-0.05, 0) is 17.7 Å². The van der Waals surface area contributed by atoms with E-state index in [0.717, 1.165) is 6.07 Å². The van der Waals surface area contributed by atoms with Crippen LogP contribution in [0.3, 0.4) is 0 Å². The van der Waals surface area contributed by atoms with Crippen LogP contribution in [0.2, 0.25) is 0 Å². The highest BCUT2D eigenvalue weighted by Crippen LogP contribution is 2.37. The lowest BCUT2D eigenvalue weighted by atomic mass is 10.1. The standard InChI is InChI=1S/C12H14F3N3O/c13-12(14,15)9-5-8(6-16)1-2-10(9)18-4-3-17-11(19)7-18/h1-2,5H,3-4,6-7,16H2,(H,17,19). The minimum atomic E-state index is -4.46. The Morgan fingerprint density at radius 3 is 2.68 bits per heavy atom. The van der Waals surface area contributed by atoms with Gasteiger partial charge in [0.1, 0.15) is 0 Å². The van der Waals surface area contributed by atoms with Gasteiger partial charge in [-0.1, -0.05) is 6.07 Å². The van der Waals surface area contributed by atoms with Crippen molar-refractivity contribution in [2.45, 2.75) is 12.7 Å². The topological polar surface area (TPSA) is 58.4 Å². The number of carbonyl (C=O) groups excluding carboxylic acids is 1. The Hall–Kier alpha value is -1.76. The van der Waals surface area contributed by atoms with E-state index in [2.05, 4.69) is 5.32 Å². The normalized spacial score (nSPS) is 16.4. The van der Waals surface area contributed by atoms with Crippen molar-refractivity contribution >= 4 is 11.6 Å². The third-order valence-electron chi connectivity index (χ3n) is 2.98. The van der Waals surface area contributed by atoms with E-state index in [1.165, 1.54) is 11.0 Å². The summed E-state index contributed by atoms with van der Waals surface area (Å²) in [4.78, 5) is 12.7. The van der Waals surface area contributed by atoms with Gasteiger partial charge < -0.3 is 16.0 Å². The molecule has 19 heavy (non-hydrogen) atoms. The average Bonchev–Trinajstić information content (AvgIpc) is 2.37. The van der Waals surface area contributed by atoms with Gasteiger partial charge in [-0.2, -0.15) is 13.2 Å². The summed E-state index contributed by atoms with van der Waals surface area (Å²) >= 11 is 0. The van der Waals surface area contributed by atoms with Crippen LogP contribution in [0.15, 0.2) is 18.2 Å². The summed E-state index contributed by atoms with van der Waals surface area (Å²) in [6.45, 7) is 0.681. The van der Waals surface area contributed by atoms with Crippen molar-refractivity contribution in [1.82, 2.24) is 5.32 Å². The molecule has 1 aromatic rings. The number of nitrogens with zero attached hydrogens (tertiary/aromatic N) is 1. The summed E-state index contributed by atoms with van der Waals surface area (Å²) in [6, 6.07) is 3.97. The maximum absolute atomic E-state index is 13.0. The van der Waals surface area contributed by atoms with Gasteiger partial charge in [0.05, 0.1) is 12.1 Å². The van der Waals surface area contributed by atoms with Gasteiger partial charge >= 0.3 is 6.18 Å². The molecule has 104 valence electrons. The number of hydrogen-bond acceptors (Lipinski definition) is 3. The molecule has 0 bridgehead atoms. The molecule has 0 atom stereocenters. The van der Waals surface area contributed by atoms with Crippen LogP contribution in [0.25, 0.3) is 0 Å². The van der Waals surface area contributed by atoms with Gasteiger partial charge in [0.15, 0.2) is 0 Å². The molecular weight excluding hydrogens is 259 g/mol. The van der Waals surface area contributed by atoms with E-state index >= 15 is 0 Å². The summed E-state index contributed by atoms with van der Waals surface area (Å²) in [5, 5.41) is 2.58. The molecule has 1 aromatic carbocycles. The van der Waals surface area contributed by atoms with E-state index in [1.807, 2.05) is 0 Å².